The molecule has 168 valence electrons. The molecule has 0 aromatic heterocycles. The Morgan fingerprint density at radius 1 is 0.906 bits per heavy atom. The Morgan fingerprint density at radius 2 is 1.69 bits per heavy atom. The Bertz CT molecular complexity index is 1060. The van der Waals surface area contributed by atoms with E-state index in [0.717, 1.165) is 50.3 Å². The smallest absolute Gasteiger partial charge is 0.254 e. The first kappa shape index (κ1) is 20.9. The van der Waals surface area contributed by atoms with E-state index in [1.807, 2.05) is 30.1 Å². The van der Waals surface area contributed by atoms with Crippen LogP contribution in [0.4, 0.5) is 17.1 Å². The first-order valence-electron chi connectivity index (χ1n) is 11.7. The second-order valence-electron chi connectivity index (χ2n) is 9.30. The highest BCUT2D eigenvalue weighted by Crippen LogP contribution is 2.39. The van der Waals surface area contributed by atoms with Gasteiger partial charge in [-0.05, 0) is 68.5 Å². The second-order valence-corrected chi connectivity index (χ2v) is 9.30. The fourth-order valence-electron chi connectivity index (χ4n) is 5.40. The van der Waals surface area contributed by atoms with Gasteiger partial charge in [-0.25, -0.2) is 0 Å². The van der Waals surface area contributed by atoms with Crippen LogP contribution >= 0.6 is 0 Å². The number of rotatable bonds is 2. The van der Waals surface area contributed by atoms with E-state index in [9.17, 15) is 9.59 Å². The van der Waals surface area contributed by atoms with E-state index in [2.05, 4.69) is 41.8 Å². The van der Waals surface area contributed by atoms with Crippen LogP contribution in [0, 0.1) is 13.8 Å². The van der Waals surface area contributed by atoms with Gasteiger partial charge in [-0.3, -0.25) is 9.59 Å². The van der Waals surface area contributed by atoms with Gasteiger partial charge in [0, 0.05) is 51.0 Å². The van der Waals surface area contributed by atoms with Crippen LogP contribution in [0.3, 0.4) is 0 Å². The molecule has 0 spiro atoms. The average molecular weight is 433 g/mol. The molecule has 6 nitrogen and oxygen atoms in total. The molecule has 2 saturated heterocycles. The van der Waals surface area contributed by atoms with Gasteiger partial charge in [0.25, 0.3) is 5.91 Å². The van der Waals surface area contributed by atoms with E-state index in [0.29, 0.717) is 18.7 Å². The van der Waals surface area contributed by atoms with Gasteiger partial charge < -0.3 is 19.6 Å². The van der Waals surface area contributed by atoms with Gasteiger partial charge in [0.05, 0.1) is 11.4 Å². The summed E-state index contributed by atoms with van der Waals surface area (Å²) in [5, 5.41) is 0. The molecule has 2 fully saturated rings. The van der Waals surface area contributed by atoms with Gasteiger partial charge >= 0.3 is 0 Å². The third kappa shape index (κ3) is 3.42. The summed E-state index contributed by atoms with van der Waals surface area (Å²) in [6.07, 6.45) is 3.12. The van der Waals surface area contributed by atoms with Gasteiger partial charge in [-0.15, -0.1) is 0 Å². The summed E-state index contributed by atoms with van der Waals surface area (Å²) < 4.78 is 0. The maximum atomic E-state index is 13.3. The molecular weight excluding hydrogens is 400 g/mol. The van der Waals surface area contributed by atoms with Gasteiger partial charge in [-0.1, -0.05) is 12.1 Å². The molecule has 3 heterocycles. The molecule has 32 heavy (non-hydrogen) atoms. The van der Waals surface area contributed by atoms with Crippen LogP contribution in [0.25, 0.3) is 0 Å². The molecule has 6 heteroatoms. The zero-order valence-corrected chi connectivity index (χ0v) is 19.3. The Hall–Kier alpha value is -3.02. The molecule has 0 bridgehead atoms. The number of fused-ring (bicyclic) bond motifs is 3. The summed E-state index contributed by atoms with van der Waals surface area (Å²) in [5.41, 5.74) is 6.47. The van der Waals surface area contributed by atoms with Crippen LogP contribution in [-0.4, -0.2) is 62.5 Å². The minimum absolute atomic E-state index is 0.0510. The van der Waals surface area contributed by atoms with E-state index < -0.39 is 0 Å². The SMILES string of the molecule is Cc1cccc(N2CCN(C(=O)c3ccc4c(c3)N(C)C(=O)[C@H]3CCCCN43)CC2)c1C. The molecule has 2 aromatic rings. The monoisotopic (exact) mass is 432 g/mol. The highest BCUT2D eigenvalue weighted by atomic mass is 16.2. The van der Waals surface area contributed by atoms with E-state index in [1.54, 1.807) is 4.90 Å². The van der Waals surface area contributed by atoms with Crippen molar-refractivity contribution in [2.75, 3.05) is 54.5 Å². The van der Waals surface area contributed by atoms with Crippen molar-refractivity contribution in [3.63, 3.8) is 0 Å². The fourth-order valence-corrected chi connectivity index (χ4v) is 5.40. The number of piperazine rings is 1. The normalized spacial score (nSPS) is 20.8. The molecule has 2 aromatic carbocycles. The van der Waals surface area contributed by atoms with Crippen molar-refractivity contribution in [1.82, 2.24) is 4.90 Å². The number of aryl methyl sites for hydroxylation is 1. The van der Waals surface area contributed by atoms with Crippen molar-refractivity contribution < 1.29 is 9.59 Å². The summed E-state index contributed by atoms with van der Waals surface area (Å²) in [4.78, 5) is 34.5. The van der Waals surface area contributed by atoms with Crippen LogP contribution in [0.5, 0.6) is 0 Å². The lowest BCUT2D eigenvalue weighted by Gasteiger charge is -2.44. The number of hydrogen-bond donors (Lipinski definition) is 0. The minimum Gasteiger partial charge on any atom is -0.368 e. The molecule has 0 unspecified atom stereocenters. The van der Waals surface area contributed by atoms with E-state index in [1.165, 1.54) is 16.8 Å². The molecule has 1 atom stereocenters. The van der Waals surface area contributed by atoms with Crippen molar-refractivity contribution in [3.05, 3.63) is 53.1 Å². The lowest BCUT2D eigenvalue weighted by Crippen LogP contribution is -2.54. The molecule has 3 aliphatic heterocycles. The first-order valence-corrected chi connectivity index (χ1v) is 11.7. The second kappa shape index (κ2) is 8.15. The minimum atomic E-state index is -0.0547. The summed E-state index contributed by atoms with van der Waals surface area (Å²) in [5.74, 6) is 0.193. The van der Waals surface area contributed by atoms with Crippen LogP contribution in [0.2, 0.25) is 0 Å². The Labute approximate surface area is 190 Å². The van der Waals surface area contributed by atoms with Crippen molar-refractivity contribution in [3.8, 4) is 0 Å². The number of carbonyl (C=O) groups excluding carboxylic acids is 2. The maximum absolute atomic E-state index is 13.3. The fraction of sp³-hybridized carbons (Fsp3) is 0.462. The third-order valence-corrected chi connectivity index (χ3v) is 7.50. The molecule has 0 aliphatic carbocycles. The molecule has 0 N–H and O–H groups in total. The quantitative estimate of drug-likeness (QED) is 0.728. The molecule has 0 saturated carbocycles. The van der Waals surface area contributed by atoms with Crippen LogP contribution in [0.1, 0.15) is 40.7 Å². The predicted molar refractivity (Wildman–Crippen MR) is 129 cm³/mol. The Kier molecular flexibility index (Phi) is 5.31. The highest BCUT2D eigenvalue weighted by molar-refractivity contribution is 6.07. The topological polar surface area (TPSA) is 47.1 Å². The predicted octanol–water partition coefficient (Wildman–Crippen LogP) is 3.60. The van der Waals surface area contributed by atoms with Crippen molar-refractivity contribution >= 4 is 28.9 Å². The number of amides is 2. The molecule has 0 radical (unpaired) electrons. The lowest BCUT2D eigenvalue weighted by molar-refractivity contribution is -0.120. The molecule has 2 amide bonds. The number of benzene rings is 2. The lowest BCUT2D eigenvalue weighted by atomic mass is 9.95. The Morgan fingerprint density at radius 3 is 2.47 bits per heavy atom. The number of likely N-dealkylation sites (N-methyl/N-ethyl adjacent to an activating group) is 1. The molecule has 3 aliphatic rings. The number of anilines is 3. The van der Waals surface area contributed by atoms with Crippen molar-refractivity contribution in [2.24, 2.45) is 0 Å². The summed E-state index contributed by atoms with van der Waals surface area (Å²) >= 11 is 0. The molecule has 5 rings (SSSR count). The van der Waals surface area contributed by atoms with E-state index in [-0.39, 0.29) is 17.9 Å². The van der Waals surface area contributed by atoms with Gasteiger partial charge in [0.1, 0.15) is 6.04 Å². The third-order valence-electron chi connectivity index (χ3n) is 7.50. The summed E-state index contributed by atoms with van der Waals surface area (Å²) in [7, 11) is 1.84. The van der Waals surface area contributed by atoms with Gasteiger partial charge in [0.15, 0.2) is 0 Å². The van der Waals surface area contributed by atoms with Crippen LogP contribution < -0.4 is 14.7 Å². The summed E-state index contributed by atoms with van der Waals surface area (Å²) in [6.45, 7) is 8.27. The highest BCUT2D eigenvalue weighted by Gasteiger charge is 2.38. The van der Waals surface area contributed by atoms with Crippen molar-refractivity contribution in [2.45, 2.75) is 39.2 Å². The first-order chi connectivity index (χ1) is 15.5. The van der Waals surface area contributed by atoms with Gasteiger partial charge in [-0.2, -0.15) is 0 Å². The average Bonchev–Trinajstić information content (AvgIpc) is 2.83. The van der Waals surface area contributed by atoms with Crippen LogP contribution in [0.15, 0.2) is 36.4 Å². The van der Waals surface area contributed by atoms with Gasteiger partial charge in [0.2, 0.25) is 5.91 Å². The van der Waals surface area contributed by atoms with Crippen molar-refractivity contribution in [1.29, 1.82) is 0 Å². The number of nitrogens with zero attached hydrogens (tertiary/aromatic N) is 4. The molecular formula is C26H32N4O2. The summed E-state index contributed by atoms with van der Waals surface area (Å²) in [6, 6.07) is 12.3. The largest absolute Gasteiger partial charge is 0.368 e. The zero-order chi connectivity index (χ0) is 22.4. The van der Waals surface area contributed by atoms with E-state index >= 15 is 0 Å². The zero-order valence-electron chi connectivity index (χ0n) is 19.3. The Balaban J connectivity index is 1.33. The number of hydrogen-bond acceptors (Lipinski definition) is 4. The standard InChI is InChI=1S/C26H32N4O2/c1-18-7-6-9-21(19(18)2)28-13-15-29(16-14-28)25(31)20-10-11-22-24(17-20)27(3)26(32)23-8-4-5-12-30(22)23/h6-7,9-11,17,23H,4-5,8,12-16H2,1-3H3/t23-/m1/s1. The van der Waals surface area contributed by atoms with E-state index in [4.69, 9.17) is 0 Å². The number of piperidine rings is 1. The maximum Gasteiger partial charge on any atom is 0.254 e. The number of carbonyl (C=O) groups is 2. The van der Waals surface area contributed by atoms with Crippen LogP contribution in [-0.2, 0) is 4.79 Å².